The molecule has 1 saturated carbocycles. The summed E-state index contributed by atoms with van der Waals surface area (Å²) in [6.45, 7) is 1.49. The quantitative estimate of drug-likeness (QED) is 0.665. The lowest BCUT2D eigenvalue weighted by Crippen LogP contribution is -2.17. The summed E-state index contributed by atoms with van der Waals surface area (Å²) < 4.78 is 5.92. The molecule has 1 fully saturated rings. The van der Waals surface area contributed by atoms with E-state index in [9.17, 15) is 0 Å². The number of ether oxygens (including phenoxy) is 1. The zero-order valence-corrected chi connectivity index (χ0v) is 14.3. The minimum atomic E-state index is 0.594. The second-order valence-corrected chi connectivity index (χ2v) is 6.66. The molecule has 1 N–H and O–H groups in total. The molecule has 2 heteroatoms. The lowest BCUT2D eigenvalue weighted by molar-refractivity contribution is 0.306. The van der Waals surface area contributed by atoms with Gasteiger partial charge in [-0.15, -0.1) is 0 Å². The minimum absolute atomic E-state index is 0.594. The molecule has 1 aliphatic rings. The van der Waals surface area contributed by atoms with E-state index in [4.69, 9.17) is 4.74 Å². The molecule has 0 bridgehead atoms. The van der Waals surface area contributed by atoms with Crippen LogP contribution in [0.3, 0.4) is 0 Å². The zero-order chi connectivity index (χ0) is 16.9. The van der Waals surface area contributed by atoms with Gasteiger partial charge in [-0.2, -0.15) is 0 Å². The number of rotatable bonds is 7. The van der Waals surface area contributed by atoms with Crippen molar-refractivity contribution in [2.75, 3.05) is 0 Å². The average Bonchev–Trinajstić information content (AvgIpc) is 3.46. The summed E-state index contributed by atoms with van der Waals surface area (Å²) in [5.74, 6) is 1.59. The molecule has 126 valence electrons. The van der Waals surface area contributed by atoms with Crippen molar-refractivity contribution in [2.45, 2.75) is 31.5 Å². The van der Waals surface area contributed by atoms with E-state index in [2.05, 4.69) is 66.0 Å². The highest BCUT2D eigenvalue weighted by Crippen LogP contribution is 2.40. The fourth-order valence-corrected chi connectivity index (χ4v) is 3.22. The van der Waals surface area contributed by atoms with Gasteiger partial charge in [0.1, 0.15) is 12.4 Å². The van der Waals surface area contributed by atoms with Gasteiger partial charge in [-0.05, 0) is 35.2 Å². The van der Waals surface area contributed by atoms with E-state index in [1.165, 1.54) is 23.1 Å². The maximum atomic E-state index is 5.92. The maximum absolute atomic E-state index is 5.92. The van der Waals surface area contributed by atoms with Crippen molar-refractivity contribution in [1.29, 1.82) is 0 Å². The Morgan fingerprint density at radius 3 is 2.32 bits per heavy atom. The number of nitrogens with one attached hydrogen (secondary N) is 1. The summed E-state index contributed by atoms with van der Waals surface area (Å²) in [5.41, 5.74) is 3.90. The van der Waals surface area contributed by atoms with Crippen LogP contribution in [0.1, 0.15) is 29.0 Å². The largest absolute Gasteiger partial charge is 0.489 e. The molecule has 0 aliphatic heterocycles. The van der Waals surface area contributed by atoms with E-state index < -0.39 is 0 Å². The van der Waals surface area contributed by atoms with Gasteiger partial charge in [-0.25, -0.2) is 0 Å². The highest BCUT2D eigenvalue weighted by Gasteiger charge is 2.37. The third-order valence-corrected chi connectivity index (χ3v) is 4.73. The summed E-state index contributed by atoms with van der Waals surface area (Å²) in [7, 11) is 0. The summed E-state index contributed by atoms with van der Waals surface area (Å²) in [6.07, 6.45) is 1.23. The monoisotopic (exact) mass is 329 g/mol. The average molecular weight is 329 g/mol. The van der Waals surface area contributed by atoms with E-state index in [-0.39, 0.29) is 0 Å². The fourth-order valence-electron chi connectivity index (χ4n) is 3.22. The van der Waals surface area contributed by atoms with Gasteiger partial charge in [-0.1, -0.05) is 72.8 Å². The van der Waals surface area contributed by atoms with Gasteiger partial charge < -0.3 is 10.1 Å². The van der Waals surface area contributed by atoms with Crippen LogP contribution in [0.25, 0.3) is 0 Å². The SMILES string of the molecule is c1ccc(COc2cccc(CN[C@H]3C[C@@H]3c3ccccc3)c2)cc1. The normalized spacial score (nSPS) is 18.7. The van der Waals surface area contributed by atoms with E-state index >= 15 is 0 Å². The first-order valence-electron chi connectivity index (χ1n) is 8.92. The first-order valence-corrected chi connectivity index (χ1v) is 8.92. The summed E-state index contributed by atoms with van der Waals surface area (Å²) in [4.78, 5) is 0. The first-order chi connectivity index (χ1) is 12.4. The second kappa shape index (κ2) is 7.54. The predicted molar refractivity (Wildman–Crippen MR) is 102 cm³/mol. The Morgan fingerprint density at radius 2 is 1.52 bits per heavy atom. The van der Waals surface area contributed by atoms with E-state index in [1.54, 1.807) is 0 Å². The Bertz CT molecular complexity index is 801. The van der Waals surface area contributed by atoms with Crippen LogP contribution < -0.4 is 10.1 Å². The van der Waals surface area contributed by atoms with Gasteiger partial charge in [0.25, 0.3) is 0 Å². The van der Waals surface area contributed by atoms with Crippen molar-refractivity contribution in [1.82, 2.24) is 5.32 Å². The molecule has 1 aliphatic carbocycles. The fraction of sp³-hybridized carbons (Fsp3) is 0.217. The second-order valence-electron chi connectivity index (χ2n) is 6.66. The van der Waals surface area contributed by atoms with E-state index in [1.807, 2.05) is 24.3 Å². The van der Waals surface area contributed by atoms with Crippen LogP contribution in [-0.4, -0.2) is 6.04 Å². The van der Waals surface area contributed by atoms with Gasteiger partial charge in [0.05, 0.1) is 0 Å². The molecular formula is C23H23NO. The van der Waals surface area contributed by atoms with Gasteiger partial charge in [-0.3, -0.25) is 0 Å². The molecule has 3 aromatic carbocycles. The highest BCUT2D eigenvalue weighted by atomic mass is 16.5. The summed E-state index contributed by atoms with van der Waals surface area (Å²) in [6, 6.07) is 30.0. The van der Waals surface area contributed by atoms with Crippen LogP contribution in [0.4, 0.5) is 0 Å². The smallest absolute Gasteiger partial charge is 0.120 e. The topological polar surface area (TPSA) is 21.3 Å². The predicted octanol–water partition coefficient (Wildman–Crippen LogP) is 4.91. The Kier molecular flexibility index (Phi) is 4.80. The van der Waals surface area contributed by atoms with Crippen LogP contribution in [0.15, 0.2) is 84.9 Å². The Morgan fingerprint density at radius 1 is 0.800 bits per heavy atom. The molecule has 0 unspecified atom stereocenters. The Hall–Kier alpha value is -2.58. The Labute approximate surface area is 149 Å². The molecule has 0 saturated heterocycles. The lowest BCUT2D eigenvalue weighted by atomic mass is 10.1. The van der Waals surface area contributed by atoms with Crippen LogP contribution in [0, 0.1) is 0 Å². The number of hydrogen-bond acceptors (Lipinski definition) is 2. The summed E-state index contributed by atoms with van der Waals surface area (Å²) >= 11 is 0. The maximum Gasteiger partial charge on any atom is 0.120 e. The molecule has 3 aromatic rings. The molecule has 0 amide bonds. The number of benzene rings is 3. The summed E-state index contributed by atoms with van der Waals surface area (Å²) in [5, 5.41) is 3.67. The Balaban J connectivity index is 1.29. The van der Waals surface area contributed by atoms with Crippen molar-refractivity contribution in [3.8, 4) is 5.75 Å². The molecule has 2 atom stereocenters. The van der Waals surface area contributed by atoms with Crippen molar-refractivity contribution in [3.63, 3.8) is 0 Å². The third kappa shape index (κ3) is 4.28. The van der Waals surface area contributed by atoms with Crippen molar-refractivity contribution < 1.29 is 4.74 Å². The van der Waals surface area contributed by atoms with Crippen molar-refractivity contribution in [3.05, 3.63) is 102 Å². The molecule has 4 rings (SSSR count). The van der Waals surface area contributed by atoms with Crippen LogP contribution in [0.5, 0.6) is 5.75 Å². The third-order valence-electron chi connectivity index (χ3n) is 4.73. The van der Waals surface area contributed by atoms with E-state index in [0.717, 1.165) is 12.3 Å². The standard InChI is InChI=1S/C23H23NO/c1-3-8-18(9-4-1)17-25-21-13-7-10-19(14-21)16-24-23-15-22(23)20-11-5-2-6-12-20/h1-14,22-24H,15-17H2/t22-,23+/m1/s1. The molecule has 0 aromatic heterocycles. The van der Waals surface area contributed by atoms with Crippen LogP contribution in [-0.2, 0) is 13.2 Å². The van der Waals surface area contributed by atoms with Crippen LogP contribution in [0.2, 0.25) is 0 Å². The molecule has 0 heterocycles. The molecular weight excluding hydrogens is 306 g/mol. The molecule has 0 radical (unpaired) electrons. The molecule has 0 spiro atoms. The lowest BCUT2D eigenvalue weighted by Gasteiger charge is -2.09. The first kappa shape index (κ1) is 15.9. The van der Waals surface area contributed by atoms with Crippen molar-refractivity contribution >= 4 is 0 Å². The van der Waals surface area contributed by atoms with Gasteiger partial charge in [0.2, 0.25) is 0 Å². The zero-order valence-electron chi connectivity index (χ0n) is 14.3. The van der Waals surface area contributed by atoms with Crippen molar-refractivity contribution in [2.24, 2.45) is 0 Å². The number of hydrogen-bond donors (Lipinski definition) is 1. The minimum Gasteiger partial charge on any atom is -0.489 e. The molecule has 25 heavy (non-hydrogen) atoms. The highest BCUT2D eigenvalue weighted by molar-refractivity contribution is 5.30. The van der Waals surface area contributed by atoms with Gasteiger partial charge >= 0.3 is 0 Å². The van der Waals surface area contributed by atoms with Gasteiger partial charge in [0.15, 0.2) is 0 Å². The van der Waals surface area contributed by atoms with Crippen LogP contribution >= 0.6 is 0 Å². The van der Waals surface area contributed by atoms with Gasteiger partial charge in [0, 0.05) is 18.5 Å². The van der Waals surface area contributed by atoms with E-state index in [0.29, 0.717) is 18.6 Å². The molecule has 2 nitrogen and oxygen atoms in total.